The van der Waals surface area contributed by atoms with E-state index in [9.17, 15) is 43.9 Å². The minimum Gasteiger partial charge on any atom is -0.322 e. The molecule has 0 atom stereocenters. The molecule has 0 aliphatic rings. The van der Waals surface area contributed by atoms with Gasteiger partial charge in [-0.15, -0.1) is 0 Å². The van der Waals surface area contributed by atoms with Crippen LogP contribution >= 0.6 is 0 Å². The molecule has 2 rings (SSSR count). The zero-order valence-corrected chi connectivity index (χ0v) is 19.2. The number of amides is 1. The lowest BCUT2D eigenvalue weighted by molar-refractivity contribution is -0.348. The van der Waals surface area contributed by atoms with E-state index in [4.69, 9.17) is 0 Å². The Morgan fingerprint density at radius 1 is 0.941 bits per heavy atom. The Balaban J connectivity index is 2.45. The molecule has 2 aromatic rings. The highest BCUT2D eigenvalue weighted by Crippen LogP contribution is 2.53. The summed E-state index contributed by atoms with van der Waals surface area (Å²) in [5.41, 5.74) is -7.70. The van der Waals surface area contributed by atoms with E-state index in [-0.39, 0.29) is 33.8 Å². The van der Waals surface area contributed by atoms with Crippen molar-refractivity contribution in [1.82, 2.24) is 0 Å². The van der Waals surface area contributed by atoms with E-state index in [1.807, 2.05) is 0 Å². The van der Waals surface area contributed by atoms with Gasteiger partial charge >= 0.3 is 18.0 Å². The minimum atomic E-state index is -6.26. The topological polar surface area (TPSA) is 66.5 Å². The summed E-state index contributed by atoms with van der Waals surface area (Å²) in [6.07, 6.45) is -12.5. The molecule has 13 heteroatoms. The number of carbonyl (C=O) groups excluding carboxylic acids is 1. The average Bonchev–Trinajstić information content (AvgIpc) is 2.73. The molecule has 34 heavy (non-hydrogen) atoms. The Labute approximate surface area is 191 Å². The maximum Gasteiger partial charge on any atom is 0.435 e. The van der Waals surface area contributed by atoms with Crippen molar-refractivity contribution >= 4 is 27.3 Å². The van der Waals surface area contributed by atoms with Crippen molar-refractivity contribution in [2.24, 2.45) is 0 Å². The zero-order valence-electron chi connectivity index (χ0n) is 18.4. The number of hydrogen-bond acceptors (Lipinski definition) is 3. The number of hydrogen-bond donors (Lipinski definition) is 1. The predicted octanol–water partition coefficient (Wildman–Crippen LogP) is 5.63. The largest absolute Gasteiger partial charge is 0.435 e. The highest BCUT2D eigenvalue weighted by molar-refractivity contribution is 7.92. The van der Waals surface area contributed by atoms with Gasteiger partial charge in [0.1, 0.15) is 0 Å². The van der Waals surface area contributed by atoms with Crippen molar-refractivity contribution in [3.63, 3.8) is 0 Å². The summed E-state index contributed by atoms with van der Waals surface area (Å²) in [6, 6.07) is 6.18. The highest BCUT2D eigenvalue weighted by Gasteiger charge is 2.73. The summed E-state index contributed by atoms with van der Waals surface area (Å²) in [4.78, 5) is 12.7. The van der Waals surface area contributed by atoms with Crippen LogP contribution in [0.25, 0.3) is 0 Å². The average molecular weight is 514 g/mol. The molecular weight excluding hydrogens is 493 g/mol. The summed E-state index contributed by atoms with van der Waals surface area (Å²) in [7, 11) is -2.34. The number of halogens is 7. The van der Waals surface area contributed by atoms with E-state index in [0.29, 0.717) is 12.1 Å². The molecule has 0 fully saturated rings. The second kappa shape index (κ2) is 9.08. The lowest BCUT2D eigenvalue weighted by atomic mass is 9.90. The minimum absolute atomic E-state index is 0.0241. The third-order valence-corrected chi connectivity index (χ3v) is 6.98. The van der Waals surface area contributed by atoms with Gasteiger partial charge in [-0.1, -0.05) is 18.2 Å². The Morgan fingerprint density at radius 3 is 1.88 bits per heavy atom. The third-order valence-electron chi connectivity index (χ3n) is 5.20. The highest BCUT2D eigenvalue weighted by atomic mass is 32.2. The van der Waals surface area contributed by atoms with Crippen LogP contribution in [-0.2, 0) is 15.7 Å². The van der Waals surface area contributed by atoms with Crippen LogP contribution in [-0.4, -0.2) is 39.5 Å². The van der Waals surface area contributed by atoms with E-state index in [1.165, 1.54) is 38.2 Å². The van der Waals surface area contributed by atoms with Gasteiger partial charge in [-0.3, -0.25) is 9.10 Å². The summed E-state index contributed by atoms with van der Waals surface area (Å²) < 4.78 is 118. The summed E-state index contributed by atoms with van der Waals surface area (Å²) in [6.45, 7) is 3.68. The van der Waals surface area contributed by atoms with Crippen LogP contribution in [0.2, 0.25) is 0 Å². The standard InChI is InChI=1S/C21H21F7N2O3S/c1-5-34(32,33)30(4)16-8-6-7-14(11-16)18(31)29-17-12(2)9-15(10-13(17)3)19(22,20(23,24)25)21(26,27)28/h6-11H,5H2,1-4H3,(H,29,31). The van der Waals surface area contributed by atoms with Crippen LogP contribution in [0, 0.1) is 13.8 Å². The number of anilines is 2. The molecule has 5 nitrogen and oxygen atoms in total. The number of alkyl halides is 7. The van der Waals surface area contributed by atoms with Crippen LogP contribution in [0.4, 0.5) is 42.1 Å². The molecule has 0 aromatic heterocycles. The molecule has 0 heterocycles. The fourth-order valence-corrected chi connectivity index (χ4v) is 4.05. The van der Waals surface area contributed by atoms with E-state index in [0.717, 1.165) is 18.2 Å². The van der Waals surface area contributed by atoms with Crippen molar-refractivity contribution in [3.8, 4) is 0 Å². The van der Waals surface area contributed by atoms with Crippen molar-refractivity contribution in [3.05, 3.63) is 58.7 Å². The van der Waals surface area contributed by atoms with Crippen LogP contribution in [0.1, 0.15) is 34.0 Å². The van der Waals surface area contributed by atoms with Gasteiger partial charge in [-0.25, -0.2) is 12.8 Å². The van der Waals surface area contributed by atoms with Gasteiger partial charge in [-0.05, 0) is 50.1 Å². The number of benzene rings is 2. The SMILES string of the molecule is CCS(=O)(=O)N(C)c1cccc(C(=O)Nc2c(C)cc(C(F)(C(F)(F)F)C(F)(F)F)cc2C)c1. The van der Waals surface area contributed by atoms with E-state index in [2.05, 4.69) is 5.32 Å². The van der Waals surface area contributed by atoms with Crippen molar-refractivity contribution in [2.45, 2.75) is 38.8 Å². The number of aryl methyl sites for hydroxylation is 2. The molecule has 1 N–H and O–H groups in total. The molecule has 0 spiro atoms. The Kier molecular flexibility index (Phi) is 7.32. The maximum atomic E-state index is 14.4. The van der Waals surface area contributed by atoms with E-state index in [1.54, 1.807) is 0 Å². The fraction of sp³-hybridized carbons (Fsp3) is 0.381. The third kappa shape index (κ3) is 4.98. The number of rotatable bonds is 6. The smallest absolute Gasteiger partial charge is 0.322 e. The van der Waals surface area contributed by atoms with Gasteiger partial charge in [0.25, 0.3) is 5.91 Å². The van der Waals surface area contributed by atoms with Crippen molar-refractivity contribution in [1.29, 1.82) is 0 Å². The maximum absolute atomic E-state index is 14.4. The number of nitrogens with zero attached hydrogens (tertiary/aromatic N) is 1. The van der Waals surface area contributed by atoms with Gasteiger partial charge in [0.05, 0.1) is 11.4 Å². The summed E-state index contributed by atoms with van der Waals surface area (Å²) >= 11 is 0. The first-order chi connectivity index (χ1) is 15.4. The number of sulfonamides is 1. The Morgan fingerprint density at radius 2 is 1.44 bits per heavy atom. The second-order valence-electron chi connectivity index (χ2n) is 7.51. The molecule has 0 unspecified atom stereocenters. The molecule has 0 saturated heterocycles. The second-order valence-corrected chi connectivity index (χ2v) is 9.80. The monoisotopic (exact) mass is 514 g/mol. The Bertz CT molecular complexity index is 1150. The Hall–Kier alpha value is -2.83. The molecule has 0 radical (unpaired) electrons. The molecule has 0 aliphatic carbocycles. The lowest BCUT2D eigenvalue weighted by Crippen LogP contribution is -2.50. The first kappa shape index (κ1) is 27.4. The number of nitrogens with one attached hydrogen (secondary N) is 1. The van der Waals surface area contributed by atoms with Crippen molar-refractivity contribution < 1.29 is 43.9 Å². The first-order valence-electron chi connectivity index (χ1n) is 9.69. The van der Waals surface area contributed by atoms with Gasteiger partial charge < -0.3 is 5.32 Å². The van der Waals surface area contributed by atoms with Crippen LogP contribution in [0.5, 0.6) is 0 Å². The zero-order chi connectivity index (χ0) is 26.3. The van der Waals surface area contributed by atoms with E-state index < -0.39 is 39.5 Å². The predicted molar refractivity (Wildman–Crippen MR) is 113 cm³/mol. The summed E-state index contributed by atoms with van der Waals surface area (Å²) in [5.74, 6) is -1.00. The normalized spacial score (nSPS) is 13.0. The lowest BCUT2D eigenvalue weighted by Gasteiger charge is -2.31. The van der Waals surface area contributed by atoms with Crippen molar-refractivity contribution in [2.75, 3.05) is 22.4 Å². The number of carbonyl (C=O) groups is 1. The van der Waals surface area contributed by atoms with Crippen LogP contribution in [0.15, 0.2) is 36.4 Å². The molecule has 0 saturated carbocycles. The molecule has 0 aliphatic heterocycles. The summed E-state index contributed by atoms with van der Waals surface area (Å²) in [5, 5.41) is 2.38. The van der Waals surface area contributed by atoms with Gasteiger partial charge in [0.2, 0.25) is 10.0 Å². The molecule has 0 bridgehead atoms. The van der Waals surface area contributed by atoms with Gasteiger partial charge in [0, 0.05) is 23.9 Å². The van der Waals surface area contributed by atoms with Gasteiger partial charge in [-0.2, -0.15) is 26.3 Å². The molecule has 1 amide bonds. The van der Waals surface area contributed by atoms with Crippen LogP contribution in [0.3, 0.4) is 0 Å². The van der Waals surface area contributed by atoms with Gasteiger partial charge in [0.15, 0.2) is 0 Å². The molecular formula is C21H21F7N2O3S. The first-order valence-corrected chi connectivity index (χ1v) is 11.3. The quantitative estimate of drug-likeness (QED) is 0.508. The molecule has 188 valence electrons. The fourth-order valence-electron chi connectivity index (χ4n) is 3.23. The van der Waals surface area contributed by atoms with E-state index >= 15 is 0 Å². The van der Waals surface area contributed by atoms with Crippen LogP contribution < -0.4 is 9.62 Å². The molecule has 2 aromatic carbocycles.